The van der Waals surface area contributed by atoms with E-state index < -0.39 is 22.0 Å². The van der Waals surface area contributed by atoms with Crippen LogP contribution in [0.2, 0.25) is 0 Å². The van der Waals surface area contributed by atoms with Crippen LogP contribution in [0.3, 0.4) is 0 Å². The fourth-order valence-corrected chi connectivity index (χ4v) is 5.38. The molecule has 0 aliphatic carbocycles. The number of urea groups is 1. The molecule has 164 valence electrons. The second-order valence-corrected chi connectivity index (χ2v) is 9.41. The van der Waals surface area contributed by atoms with Gasteiger partial charge in [-0.15, -0.1) is 0 Å². The predicted octanol–water partition coefficient (Wildman–Crippen LogP) is 3.76. The van der Waals surface area contributed by atoms with Gasteiger partial charge in [-0.3, -0.25) is 9.69 Å². The van der Waals surface area contributed by atoms with Crippen LogP contribution in [0.4, 0.5) is 16.2 Å². The van der Waals surface area contributed by atoms with Crippen molar-refractivity contribution in [1.29, 1.82) is 0 Å². The van der Waals surface area contributed by atoms with Gasteiger partial charge < -0.3 is 5.32 Å². The molecule has 3 amide bonds. The minimum absolute atomic E-state index is 0.0181. The molecule has 4 rings (SSSR count). The van der Waals surface area contributed by atoms with Gasteiger partial charge in [0.2, 0.25) is 5.91 Å². The summed E-state index contributed by atoms with van der Waals surface area (Å²) in [6.45, 7) is 3.65. The van der Waals surface area contributed by atoms with Crippen LogP contribution in [0.15, 0.2) is 77.7 Å². The number of rotatable bonds is 5. The number of nitrogens with one attached hydrogen (secondary N) is 1. The van der Waals surface area contributed by atoms with Crippen molar-refractivity contribution < 1.29 is 18.0 Å². The molecule has 0 spiro atoms. The van der Waals surface area contributed by atoms with Crippen LogP contribution >= 0.6 is 0 Å². The van der Waals surface area contributed by atoms with E-state index in [1.165, 1.54) is 17.0 Å². The minimum atomic E-state index is -4.13. The van der Waals surface area contributed by atoms with E-state index in [-0.39, 0.29) is 22.8 Å². The molecule has 0 saturated carbocycles. The van der Waals surface area contributed by atoms with Crippen molar-refractivity contribution in [2.24, 2.45) is 0 Å². The van der Waals surface area contributed by atoms with E-state index in [0.29, 0.717) is 12.1 Å². The second kappa shape index (κ2) is 8.47. The summed E-state index contributed by atoms with van der Waals surface area (Å²) in [4.78, 5) is 27.3. The molecule has 0 fully saturated rings. The van der Waals surface area contributed by atoms with Gasteiger partial charge in [0.25, 0.3) is 10.0 Å². The van der Waals surface area contributed by atoms with Crippen LogP contribution in [0.1, 0.15) is 16.7 Å². The molecule has 3 aromatic carbocycles. The first-order valence-corrected chi connectivity index (χ1v) is 11.6. The van der Waals surface area contributed by atoms with Gasteiger partial charge in [-0.2, -0.15) is 4.31 Å². The number of para-hydroxylation sites is 1. The van der Waals surface area contributed by atoms with E-state index in [9.17, 15) is 18.0 Å². The number of amides is 3. The summed E-state index contributed by atoms with van der Waals surface area (Å²) < 4.78 is 27.5. The normalized spacial score (nSPS) is 14.8. The molecule has 7 nitrogen and oxygen atoms in total. The van der Waals surface area contributed by atoms with Crippen LogP contribution in [0, 0.1) is 13.8 Å². The molecule has 1 N–H and O–H groups in total. The van der Waals surface area contributed by atoms with Gasteiger partial charge >= 0.3 is 6.03 Å². The number of hydrogen-bond acceptors (Lipinski definition) is 4. The molecule has 1 aliphatic rings. The maximum atomic E-state index is 13.4. The summed E-state index contributed by atoms with van der Waals surface area (Å²) in [5.74, 6) is -0.392. The van der Waals surface area contributed by atoms with Crippen molar-refractivity contribution >= 4 is 33.3 Å². The lowest BCUT2D eigenvalue weighted by molar-refractivity contribution is -0.119. The number of fused-ring (bicyclic) bond motifs is 1. The Morgan fingerprint density at radius 1 is 0.906 bits per heavy atom. The summed E-state index contributed by atoms with van der Waals surface area (Å²) in [6, 6.07) is 20.0. The maximum absolute atomic E-state index is 13.4. The Hall–Kier alpha value is -3.65. The summed E-state index contributed by atoms with van der Waals surface area (Å²) >= 11 is 0. The van der Waals surface area contributed by atoms with Crippen LogP contribution in [-0.2, 0) is 21.4 Å². The van der Waals surface area contributed by atoms with Gasteiger partial charge in [-0.25, -0.2) is 13.2 Å². The Morgan fingerprint density at radius 3 is 2.31 bits per heavy atom. The Bertz CT molecular complexity index is 1290. The summed E-state index contributed by atoms with van der Waals surface area (Å²) in [5, 5.41) is 2.79. The lowest BCUT2D eigenvalue weighted by atomic mass is 10.1. The maximum Gasteiger partial charge on any atom is 0.343 e. The van der Waals surface area contributed by atoms with Crippen molar-refractivity contribution in [3.63, 3.8) is 0 Å². The zero-order valence-corrected chi connectivity index (χ0v) is 18.6. The number of aryl methyl sites for hydroxylation is 2. The summed E-state index contributed by atoms with van der Waals surface area (Å²) in [7, 11) is -4.13. The van der Waals surface area contributed by atoms with Gasteiger partial charge in [-0.05, 0) is 43.2 Å². The van der Waals surface area contributed by atoms with Crippen LogP contribution in [0.5, 0.6) is 0 Å². The number of carbonyl (C=O) groups is 2. The fraction of sp³-hybridized carbons (Fsp3) is 0.167. The Morgan fingerprint density at radius 2 is 1.59 bits per heavy atom. The van der Waals surface area contributed by atoms with Crippen molar-refractivity contribution in [3.8, 4) is 0 Å². The number of benzene rings is 3. The van der Waals surface area contributed by atoms with Crippen molar-refractivity contribution in [2.45, 2.75) is 25.3 Å². The zero-order valence-electron chi connectivity index (χ0n) is 17.8. The highest BCUT2D eigenvalue weighted by Crippen LogP contribution is 2.38. The van der Waals surface area contributed by atoms with Crippen LogP contribution < -0.4 is 14.5 Å². The van der Waals surface area contributed by atoms with E-state index in [0.717, 1.165) is 15.4 Å². The van der Waals surface area contributed by atoms with Gasteiger partial charge in [0.05, 0.1) is 11.4 Å². The summed E-state index contributed by atoms with van der Waals surface area (Å²) in [5.41, 5.74) is 2.98. The Balaban J connectivity index is 1.69. The van der Waals surface area contributed by atoms with E-state index in [1.54, 1.807) is 31.2 Å². The molecular weight excluding hydrogens is 426 g/mol. The monoisotopic (exact) mass is 449 g/mol. The Kier molecular flexibility index (Phi) is 5.71. The molecule has 0 saturated heterocycles. The predicted molar refractivity (Wildman–Crippen MR) is 123 cm³/mol. The number of carbonyl (C=O) groups excluding carboxylic acids is 2. The number of sulfonamides is 1. The third-order valence-corrected chi connectivity index (χ3v) is 7.02. The lowest BCUT2D eigenvalue weighted by Gasteiger charge is -2.36. The molecule has 3 aromatic rings. The van der Waals surface area contributed by atoms with Gasteiger partial charge in [0, 0.05) is 6.54 Å². The standard InChI is InChI=1S/C24H23N3O4S/c1-17-12-13-20(18(2)14-17)27-24(29)26(21-10-6-7-11-22(21)32(27,30)31)16-23(28)25-15-19-8-4-3-5-9-19/h3-14H,15-16H2,1-2H3,(H,25,28). The molecule has 1 heterocycles. The first-order valence-electron chi connectivity index (χ1n) is 10.1. The van der Waals surface area contributed by atoms with Crippen LogP contribution in [0.25, 0.3) is 0 Å². The molecule has 0 atom stereocenters. The average molecular weight is 450 g/mol. The molecule has 32 heavy (non-hydrogen) atoms. The van der Waals surface area contributed by atoms with Crippen molar-refractivity contribution in [2.75, 3.05) is 15.7 Å². The van der Waals surface area contributed by atoms with Crippen LogP contribution in [-0.4, -0.2) is 26.9 Å². The fourth-order valence-electron chi connectivity index (χ4n) is 3.73. The smallest absolute Gasteiger partial charge is 0.343 e. The van der Waals surface area contributed by atoms with E-state index in [4.69, 9.17) is 0 Å². The largest absolute Gasteiger partial charge is 0.350 e. The first kappa shape index (κ1) is 21.6. The highest BCUT2D eigenvalue weighted by atomic mass is 32.2. The highest BCUT2D eigenvalue weighted by molar-refractivity contribution is 7.94. The van der Waals surface area contributed by atoms with Crippen molar-refractivity contribution in [1.82, 2.24) is 5.32 Å². The topological polar surface area (TPSA) is 86.8 Å². The number of anilines is 2. The van der Waals surface area contributed by atoms with E-state index >= 15 is 0 Å². The van der Waals surface area contributed by atoms with Crippen molar-refractivity contribution in [3.05, 3.63) is 89.5 Å². The second-order valence-electron chi connectivity index (χ2n) is 7.66. The average Bonchev–Trinajstić information content (AvgIpc) is 2.77. The molecule has 0 bridgehead atoms. The van der Waals surface area contributed by atoms with Gasteiger partial charge in [-0.1, -0.05) is 60.2 Å². The van der Waals surface area contributed by atoms with E-state index in [2.05, 4.69) is 5.32 Å². The Labute approximate surface area is 187 Å². The third-order valence-electron chi connectivity index (χ3n) is 5.28. The molecule has 8 heteroatoms. The number of nitrogens with zero attached hydrogens (tertiary/aromatic N) is 2. The quantitative estimate of drug-likeness (QED) is 0.643. The summed E-state index contributed by atoms with van der Waals surface area (Å²) in [6.07, 6.45) is 0. The SMILES string of the molecule is Cc1ccc(N2C(=O)N(CC(=O)NCc3ccccc3)c3ccccc3S2(=O)=O)c(C)c1. The van der Waals surface area contributed by atoms with E-state index in [1.807, 2.05) is 43.3 Å². The molecule has 0 unspecified atom stereocenters. The molecular formula is C24H23N3O4S. The highest BCUT2D eigenvalue weighted by Gasteiger charge is 2.43. The molecule has 1 aliphatic heterocycles. The minimum Gasteiger partial charge on any atom is -0.350 e. The molecule has 0 aromatic heterocycles. The lowest BCUT2D eigenvalue weighted by Crippen LogP contribution is -2.53. The third kappa shape index (κ3) is 3.97. The first-order chi connectivity index (χ1) is 15.3. The zero-order chi connectivity index (χ0) is 22.9. The number of hydrogen-bond donors (Lipinski definition) is 1. The molecule has 0 radical (unpaired) electrons. The van der Waals surface area contributed by atoms with Gasteiger partial charge in [0.15, 0.2) is 0 Å². The van der Waals surface area contributed by atoms with Gasteiger partial charge in [0.1, 0.15) is 11.4 Å².